The standard InChI is InChI=1S/C52H64N2O10/c1-4-24-61-52-47(54(51(57)36-16-17-36)31-35-15-20-45-46(27-35)60-32-59-45)30-43(53-64-48-13-7-10-25-58-48)41-28-37(11-5-8-22-55)40(12-6-9-23-56)49(50(41)52)42-29-39(19-21-44(42)63-52)62-38-18-14-33(2)34(3)26-38/h4,14-15,18-21,26-29,36-37,40,47-50,55-56H,1,5-13,16-17,22-25,30-32H2,2-3H3/t37-,40+,47-,48?,49+,50+,52+/m0/s1. The molecule has 0 aromatic heterocycles. The number of fused-ring (bicyclic) bond motifs is 3. The molecule has 12 heteroatoms. The highest BCUT2D eigenvalue weighted by atomic mass is 16.8. The van der Waals surface area contributed by atoms with Crippen molar-refractivity contribution in [3.8, 4) is 28.7 Å². The topological polar surface area (TPSA) is 138 Å². The summed E-state index contributed by atoms with van der Waals surface area (Å²) in [6.07, 6.45) is 13.0. The fourth-order valence-electron chi connectivity index (χ4n) is 10.7. The fraction of sp³-hybridized carbons (Fsp3) is 0.538. The second-order valence-corrected chi connectivity index (χ2v) is 18.5. The Morgan fingerprint density at radius 1 is 0.906 bits per heavy atom. The molecule has 1 saturated heterocycles. The van der Waals surface area contributed by atoms with Crippen molar-refractivity contribution in [1.82, 2.24) is 4.90 Å². The van der Waals surface area contributed by atoms with Crippen molar-refractivity contribution in [1.29, 1.82) is 0 Å². The number of carbonyl (C=O) groups is 1. The Balaban J connectivity index is 1.23. The van der Waals surface area contributed by atoms with Crippen LogP contribution in [0.1, 0.15) is 105 Å². The summed E-state index contributed by atoms with van der Waals surface area (Å²) >= 11 is 0. The molecule has 0 bridgehead atoms. The molecule has 12 nitrogen and oxygen atoms in total. The summed E-state index contributed by atoms with van der Waals surface area (Å²) in [6, 6.07) is 17.4. The van der Waals surface area contributed by atoms with Crippen molar-refractivity contribution < 1.29 is 48.3 Å². The molecule has 3 heterocycles. The second-order valence-electron chi connectivity index (χ2n) is 18.5. The molecule has 342 valence electrons. The van der Waals surface area contributed by atoms with E-state index in [1.807, 2.05) is 41.3 Å². The maximum absolute atomic E-state index is 15.0. The Morgan fingerprint density at radius 3 is 2.45 bits per heavy atom. The number of benzene rings is 3. The van der Waals surface area contributed by atoms with Gasteiger partial charge in [0.15, 0.2) is 11.5 Å². The average Bonchev–Trinajstić information content (AvgIpc) is 4.06. The van der Waals surface area contributed by atoms with E-state index in [0.29, 0.717) is 48.9 Å². The second kappa shape index (κ2) is 19.7. The van der Waals surface area contributed by atoms with E-state index in [2.05, 4.69) is 44.7 Å². The predicted octanol–water partition coefficient (Wildman–Crippen LogP) is 9.42. The Morgan fingerprint density at radius 2 is 1.69 bits per heavy atom. The maximum atomic E-state index is 15.0. The molecule has 9 rings (SSSR count). The fourth-order valence-corrected chi connectivity index (χ4v) is 10.7. The number of unbranched alkanes of at least 4 members (excludes halogenated alkanes) is 2. The number of carbonyl (C=O) groups excluding carboxylic acids is 1. The number of nitrogens with zero attached hydrogens (tertiary/aromatic N) is 2. The first kappa shape index (κ1) is 44.3. The summed E-state index contributed by atoms with van der Waals surface area (Å²) in [5, 5.41) is 25.1. The number of hydrogen-bond acceptors (Lipinski definition) is 11. The number of rotatable bonds is 19. The molecule has 0 radical (unpaired) electrons. The number of oxime groups is 1. The number of aliphatic hydroxyl groups excluding tert-OH is 2. The van der Waals surface area contributed by atoms with Crippen molar-refractivity contribution in [3.05, 3.63) is 101 Å². The van der Waals surface area contributed by atoms with Gasteiger partial charge in [-0.05, 0) is 142 Å². The number of hydrogen-bond donors (Lipinski definition) is 2. The van der Waals surface area contributed by atoms with Crippen molar-refractivity contribution in [2.45, 2.75) is 121 Å². The zero-order chi connectivity index (χ0) is 44.2. The van der Waals surface area contributed by atoms with Crippen molar-refractivity contribution in [2.24, 2.45) is 28.8 Å². The molecule has 0 spiro atoms. The van der Waals surface area contributed by atoms with Gasteiger partial charge < -0.3 is 48.4 Å². The predicted molar refractivity (Wildman–Crippen MR) is 241 cm³/mol. The molecule has 3 aromatic carbocycles. The summed E-state index contributed by atoms with van der Waals surface area (Å²) in [7, 11) is 0. The highest BCUT2D eigenvalue weighted by molar-refractivity contribution is 6.03. The van der Waals surface area contributed by atoms with Crippen LogP contribution < -0.4 is 18.9 Å². The largest absolute Gasteiger partial charge is 0.459 e. The van der Waals surface area contributed by atoms with Gasteiger partial charge in [0, 0.05) is 50.0 Å². The van der Waals surface area contributed by atoms with E-state index in [9.17, 15) is 10.2 Å². The molecule has 2 N–H and O–H groups in total. The summed E-state index contributed by atoms with van der Waals surface area (Å²) in [5.41, 5.74) is 5.98. The lowest BCUT2D eigenvalue weighted by atomic mass is 9.55. The molecular weight excluding hydrogens is 813 g/mol. The molecule has 3 fully saturated rings. The Kier molecular flexibility index (Phi) is 13.6. The first-order valence-corrected chi connectivity index (χ1v) is 23.6. The van der Waals surface area contributed by atoms with Crippen molar-refractivity contribution in [3.63, 3.8) is 0 Å². The van der Waals surface area contributed by atoms with E-state index in [0.717, 1.165) is 91.5 Å². The van der Waals surface area contributed by atoms with Crippen LogP contribution in [0.3, 0.4) is 0 Å². The molecule has 3 aliphatic heterocycles. The third-order valence-corrected chi connectivity index (χ3v) is 14.2. The maximum Gasteiger partial charge on any atom is 0.239 e. The number of aliphatic hydroxyl groups is 2. The van der Waals surface area contributed by atoms with E-state index in [4.69, 9.17) is 38.4 Å². The molecule has 2 saturated carbocycles. The number of ether oxygens (including phenoxy) is 6. The van der Waals surface area contributed by atoms with Crippen LogP contribution in [0.4, 0.5) is 0 Å². The Labute approximate surface area is 377 Å². The summed E-state index contributed by atoms with van der Waals surface area (Å²) in [4.78, 5) is 23.3. The minimum Gasteiger partial charge on any atom is -0.459 e. The minimum atomic E-state index is -1.37. The molecule has 3 aromatic rings. The zero-order valence-electron chi connectivity index (χ0n) is 37.4. The van der Waals surface area contributed by atoms with E-state index < -0.39 is 24.0 Å². The quantitative estimate of drug-likeness (QED) is 0.0681. The lowest BCUT2D eigenvalue weighted by Crippen LogP contribution is -2.70. The first-order valence-electron chi connectivity index (χ1n) is 23.6. The lowest BCUT2D eigenvalue weighted by molar-refractivity contribution is -0.258. The highest BCUT2D eigenvalue weighted by Crippen LogP contribution is 2.62. The molecule has 1 unspecified atom stereocenters. The third kappa shape index (κ3) is 9.16. The highest BCUT2D eigenvalue weighted by Gasteiger charge is 2.66. The lowest BCUT2D eigenvalue weighted by Gasteiger charge is -2.60. The number of allylic oxidation sites excluding steroid dienone is 1. The molecular formula is C52H64N2O10. The molecule has 3 aliphatic carbocycles. The average molecular weight is 877 g/mol. The van der Waals surface area contributed by atoms with Gasteiger partial charge in [-0.2, -0.15) is 0 Å². The van der Waals surface area contributed by atoms with Gasteiger partial charge in [0.25, 0.3) is 0 Å². The SMILES string of the molecule is C=CCO[C@@]12Oc3ccc(Oc4ccc(C)c(C)c4)cc3[C@H]3[C@H](CCCCO)[C@@H](CCCCO)C=C(C(=NOC4CCCCO4)C[C@@H]1N(Cc1ccc4c(c1)OCO4)C(=O)C1CC1)[C@H]32. The molecule has 7 atom stereocenters. The zero-order valence-corrected chi connectivity index (χ0v) is 37.4. The van der Waals surface area contributed by atoms with Gasteiger partial charge in [0.05, 0.1) is 24.8 Å². The van der Waals surface area contributed by atoms with Crippen LogP contribution in [0.2, 0.25) is 0 Å². The van der Waals surface area contributed by atoms with Gasteiger partial charge in [0.1, 0.15) is 23.3 Å². The van der Waals surface area contributed by atoms with E-state index in [1.165, 1.54) is 5.56 Å². The van der Waals surface area contributed by atoms with E-state index >= 15 is 4.79 Å². The van der Waals surface area contributed by atoms with Crippen molar-refractivity contribution in [2.75, 3.05) is 33.2 Å². The molecule has 1 amide bonds. The van der Waals surface area contributed by atoms with Gasteiger partial charge in [-0.15, -0.1) is 6.58 Å². The van der Waals surface area contributed by atoms with Crippen LogP contribution in [-0.2, 0) is 25.7 Å². The van der Waals surface area contributed by atoms with Gasteiger partial charge in [-0.3, -0.25) is 4.79 Å². The summed E-state index contributed by atoms with van der Waals surface area (Å²) in [5.74, 6) is 1.57. The van der Waals surface area contributed by atoms with Crippen LogP contribution in [0, 0.1) is 37.5 Å². The summed E-state index contributed by atoms with van der Waals surface area (Å²) in [6.45, 7) is 9.74. The Hall–Kier alpha value is -4.88. The molecule has 64 heavy (non-hydrogen) atoms. The van der Waals surface area contributed by atoms with Crippen LogP contribution >= 0.6 is 0 Å². The Bertz CT molecular complexity index is 2210. The van der Waals surface area contributed by atoms with Crippen molar-refractivity contribution >= 4 is 11.6 Å². The first-order chi connectivity index (χ1) is 31.3. The van der Waals surface area contributed by atoms with Crippen LogP contribution in [0.25, 0.3) is 0 Å². The van der Waals surface area contributed by atoms with Crippen LogP contribution in [0.5, 0.6) is 28.7 Å². The monoisotopic (exact) mass is 876 g/mol. The van der Waals surface area contributed by atoms with E-state index in [1.54, 1.807) is 6.08 Å². The van der Waals surface area contributed by atoms with E-state index in [-0.39, 0.29) is 62.7 Å². The summed E-state index contributed by atoms with van der Waals surface area (Å²) < 4.78 is 38.9. The van der Waals surface area contributed by atoms with Gasteiger partial charge in [0.2, 0.25) is 24.8 Å². The molecule has 6 aliphatic rings. The number of amides is 1. The smallest absolute Gasteiger partial charge is 0.239 e. The van der Waals surface area contributed by atoms with Crippen LogP contribution in [0.15, 0.2) is 84.1 Å². The minimum absolute atomic E-state index is 0.0489. The van der Waals surface area contributed by atoms with Gasteiger partial charge >= 0.3 is 0 Å². The van der Waals surface area contributed by atoms with Crippen LogP contribution in [-0.4, -0.2) is 78.1 Å². The van der Waals surface area contributed by atoms with Gasteiger partial charge in [-0.25, -0.2) is 0 Å². The normalized spacial score (nSPS) is 27.2. The third-order valence-electron chi connectivity index (χ3n) is 14.2. The number of aryl methyl sites for hydroxylation is 2. The van der Waals surface area contributed by atoms with Gasteiger partial charge in [-0.1, -0.05) is 42.3 Å².